The second-order valence-corrected chi connectivity index (χ2v) is 7.39. The van der Waals surface area contributed by atoms with Crippen molar-refractivity contribution >= 4 is 5.91 Å². The lowest BCUT2D eigenvalue weighted by molar-refractivity contribution is -0.129. The van der Waals surface area contributed by atoms with E-state index in [-0.39, 0.29) is 23.4 Å². The molecule has 25 heavy (non-hydrogen) atoms. The zero-order valence-corrected chi connectivity index (χ0v) is 14.5. The molecule has 2 fully saturated rings. The van der Waals surface area contributed by atoms with E-state index in [4.69, 9.17) is 9.47 Å². The smallest absolute Gasteiger partial charge is 0.224 e. The van der Waals surface area contributed by atoms with Crippen molar-refractivity contribution in [1.82, 2.24) is 5.32 Å². The minimum Gasteiger partial charge on any atom is -0.494 e. The fraction of sp³-hybridized carbons (Fsp3) is 0.550. The van der Waals surface area contributed by atoms with Crippen LogP contribution < -0.4 is 10.1 Å². The molecule has 1 saturated heterocycles. The van der Waals surface area contributed by atoms with Gasteiger partial charge in [0.1, 0.15) is 0 Å². The molecule has 3 aliphatic rings. The Morgan fingerprint density at radius 3 is 2.72 bits per heavy atom. The first-order valence-electron chi connectivity index (χ1n) is 9.04. The van der Waals surface area contributed by atoms with Crippen LogP contribution in [0, 0.1) is 23.6 Å². The van der Waals surface area contributed by atoms with Crippen molar-refractivity contribution < 1.29 is 18.7 Å². The number of amides is 1. The number of ether oxygens (including phenoxy) is 2. The third-order valence-corrected chi connectivity index (χ3v) is 6.02. The molecule has 5 heteroatoms. The SMILES string of the molecule is COc1cccc(C2(NC(=O)C3CC4C=CC3C4)CCOCC2)c1F. The maximum Gasteiger partial charge on any atom is 0.224 e. The average Bonchev–Trinajstić information content (AvgIpc) is 3.26. The molecule has 3 unspecified atom stereocenters. The summed E-state index contributed by atoms with van der Waals surface area (Å²) in [6.07, 6.45) is 7.50. The summed E-state index contributed by atoms with van der Waals surface area (Å²) in [4.78, 5) is 13.0. The molecule has 1 aliphatic heterocycles. The van der Waals surface area contributed by atoms with Gasteiger partial charge in [-0.15, -0.1) is 0 Å². The highest BCUT2D eigenvalue weighted by Gasteiger charge is 2.44. The van der Waals surface area contributed by atoms with Crippen molar-refractivity contribution in [2.45, 2.75) is 31.2 Å². The number of halogens is 1. The Morgan fingerprint density at radius 1 is 1.28 bits per heavy atom. The monoisotopic (exact) mass is 345 g/mol. The topological polar surface area (TPSA) is 47.6 Å². The fourth-order valence-electron chi connectivity index (χ4n) is 4.63. The van der Waals surface area contributed by atoms with Gasteiger partial charge in [-0.1, -0.05) is 24.3 Å². The van der Waals surface area contributed by atoms with Gasteiger partial charge in [-0.2, -0.15) is 0 Å². The van der Waals surface area contributed by atoms with E-state index in [9.17, 15) is 9.18 Å². The second-order valence-electron chi connectivity index (χ2n) is 7.39. The quantitative estimate of drug-likeness (QED) is 0.853. The molecule has 0 radical (unpaired) electrons. The molecule has 1 aromatic carbocycles. The Kier molecular flexibility index (Phi) is 4.28. The number of carbonyl (C=O) groups excluding carboxylic acids is 1. The van der Waals surface area contributed by atoms with Crippen LogP contribution in [0.5, 0.6) is 5.75 Å². The summed E-state index contributed by atoms with van der Waals surface area (Å²) in [5.41, 5.74) is -0.221. The predicted octanol–water partition coefficient (Wildman–Crippen LogP) is 3.17. The first-order valence-corrected chi connectivity index (χ1v) is 9.04. The van der Waals surface area contributed by atoms with E-state index in [1.54, 1.807) is 18.2 Å². The first kappa shape index (κ1) is 16.6. The number of methoxy groups -OCH3 is 1. The Bertz CT molecular complexity index is 696. The van der Waals surface area contributed by atoms with Crippen LogP contribution in [0.25, 0.3) is 0 Å². The minimum absolute atomic E-state index is 0.00314. The molecule has 4 rings (SSSR count). The first-order chi connectivity index (χ1) is 12.1. The summed E-state index contributed by atoms with van der Waals surface area (Å²) in [5.74, 6) is 0.724. The van der Waals surface area contributed by atoms with Crippen molar-refractivity contribution in [2.24, 2.45) is 17.8 Å². The van der Waals surface area contributed by atoms with E-state index in [1.807, 2.05) is 0 Å². The Morgan fingerprint density at radius 2 is 2.08 bits per heavy atom. The van der Waals surface area contributed by atoms with Gasteiger partial charge in [-0.25, -0.2) is 4.39 Å². The number of nitrogens with one attached hydrogen (secondary N) is 1. The zero-order valence-electron chi connectivity index (χ0n) is 14.5. The molecule has 1 heterocycles. The van der Waals surface area contributed by atoms with Crippen LogP contribution in [0.4, 0.5) is 4.39 Å². The standard InChI is InChI=1S/C20H24FNO3/c1-24-17-4-2-3-16(18(17)21)20(7-9-25-10-8-20)22-19(23)15-12-13-5-6-14(15)11-13/h2-6,13-15H,7-12H2,1H3,(H,22,23). The lowest BCUT2D eigenvalue weighted by Gasteiger charge is -2.40. The lowest BCUT2D eigenvalue weighted by Crippen LogP contribution is -2.52. The van der Waals surface area contributed by atoms with E-state index in [2.05, 4.69) is 17.5 Å². The van der Waals surface area contributed by atoms with E-state index < -0.39 is 5.54 Å². The molecule has 1 saturated carbocycles. The minimum atomic E-state index is -0.723. The van der Waals surface area contributed by atoms with Gasteiger partial charge in [0, 0.05) is 24.7 Å². The van der Waals surface area contributed by atoms with Gasteiger partial charge in [0.2, 0.25) is 5.91 Å². The van der Waals surface area contributed by atoms with E-state index in [1.165, 1.54) is 7.11 Å². The fourth-order valence-corrected chi connectivity index (χ4v) is 4.63. The Balaban J connectivity index is 1.64. The number of hydrogen-bond acceptors (Lipinski definition) is 3. The molecule has 4 nitrogen and oxygen atoms in total. The summed E-state index contributed by atoms with van der Waals surface area (Å²) in [6, 6.07) is 5.14. The van der Waals surface area contributed by atoms with Gasteiger partial charge in [-0.3, -0.25) is 4.79 Å². The molecule has 0 spiro atoms. The molecule has 1 N–H and O–H groups in total. The largest absolute Gasteiger partial charge is 0.494 e. The van der Waals surface area contributed by atoms with Gasteiger partial charge in [0.15, 0.2) is 11.6 Å². The molecule has 134 valence electrons. The Hall–Kier alpha value is -1.88. The van der Waals surface area contributed by atoms with Crippen molar-refractivity contribution in [1.29, 1.82) is 0 Å². The van der Waals surface area contributed by atoms with Crippen LogP contribution >= 0.6 is 0 Å². The summed E-state index contributed by atoms with van der Waals surface area (Å²) in [7, 11) is 1.46. The molecule has 2 aliphatic carbocycles. The van der Waals surface area contributed by atoms with Gasteiger partial charge in [0.05, 0.1) is 12.6 Å². The predicted molar refractivity (Wildman–Crippen MR) is 91.7 cm³/mol. The molecule has 2 bridgehead atoms. The number of hydrogen-bond donors (Lipinski definition) is 1. The van der Waals surface area contributed by atoms with Gasteiger partial charge in [0.25, 0.3) is 0 Å². The Labute approximate surface area is 147 Å². The third kappa shape index (κ3) is 2.84. The van der Waals surface area contributed by atoms with Gasteiger partial charge in [-0.05, 0) is 43.6 Å². The summed E-state index contributed by atoms with van der Waals surface area (Å²) in [5, 5.41) is 3.22. The van der Waals surface area contributed by atoms with Crippen molar-refractivity contribution in [2.75, 3.05) is 20.3 Å². The van der Waals surface area contributed by atoms with Gasteiger partial charge < -0.3 is 14.8 Å². The number of rotatable bonds is 4. The highest BCUT2D eigenvalue weighted by Crippen LogP contribution is 2.44. The zero-order chi connectivity index (χ0) is 17.4. The highest BCUT2D eigenvalue weighted by molar-refractivity contribution is 5.81. The number of benzene rings is 1. The summed E-state index contributed by atoms with van der Waals surface area (Å²) >= 11 is 0. The second kappa shape index (κ2) is 6.45. The lowest BCUT2D eigenvalue weighted by atomic mass is 9.81. The van der Waals surface area contributed by atoms with Crippen LogP contribution in [0.2, 0.25) is 0 Å². The molecular formula is C20H24FNO3. The van der Waals surface area contributed by atoms with E-state index >= 15 is 0 Å². The van der Waals surface area contributed by atoms with Gasteiger partial charge >= 0.3 is 0 Å². The molecule has 3 atom stereocenters. The van der Waals surface area contributed by atoms with Crippen LogP contribution in [-0.2, 0) is 15.1 Å². The number of fused-ring (bicyclic) bond motifs is 2. The van der Waals surface area contributed by atoms with Crippen molar-refractivity contribution in [3.63, 3.8) is 0 Å². The molecule has 0 aromatic heterocycles. The maximum absolute atomic E-state index is 15.0. The number of allylic oxidation sites excluding steroid dienone is 2. The highest BCUT2D eigenvalue weighted by atomic mass is 19.1. The van der Waals surface area contributed by atoms with Crippen molar-refractivity contribution in [3.8, 4) is 5.75 Å². The number of carbonyl (C=O) groups is 1. The molecule has 1 amide bonds. The van der Waals surface area contributed by atoms with Crippen LogP contribution in [0.15, 0.2) is 30.4 Å². The van der Waals surface area contributed by atoms with Crippen LogP contribution in [0.3, 0.4) is 0 Å². The van der Waals surface area contributed by atoms with Crippen LogP contribution in [0.1, 0.15) is 31.2 Å². The third-order valence-electron chi connectivity index (χ3n) is 6.02. The summed E-state index contributed by atoms with van der Waals surface area (Å²) in [6.45, 7) is 1.01. The normalized spacial score (nSPS) is 29.6. The van der Waals surface area contributed by atoms with Crippen LogP contribution in [-0.4, -0.2) is 26.2 Å². The van der Waals surface area contributed by atoms with E-state index in [0.29, 0.717) is 43.5 Å². The van der Waals surface area contributed by atoms with E-state index in [0.717, 1.165) is 12.8 Å². The average molecular weight is 345 g/mol. The van der Waals surface area contributed by atoms with Crippen molar-refractivity contribution in [3.05, 3.63) is 41.7 Å². The maximum atomic E-state index is 15.0. The molecular weight excluding hydrogens is 321 g/mol. The molecule has 1 aromatic rings. The summed E-state index contributed by atoms with van der Waals surface area (Å²) < 4.78 is 25.6.